The molecule has 0 saturated heterocycles. The summed E-state index contributed by atoms with van der Waals surface area (Å²) in [4.78, 5) is 12.0. The largest absolute Gasteiger partial charge is 0.496 e. The second-order valence-corrected chi connectivity index (χ2v) is 4.83. The van der Waals surface area contributed by atoms with Crippen LogP contribution in [0.1, 0.15) is 24.2 Å². The molecule has 4 nitrogen and oxygen atoms in total. The first kappa shape index (κ1) is 15.8. The van der Waals surface area contributed by atoms with Crippen molar-refractivity contribution < 1.29 is 14.6 Å². The van der Waals surface area contributed by atoms with Gasteiger partial charge in [-0.15, -0.1) is 0 Å². The van der Waals surface area contributed by atoms with Gasteiger partial charge in [-0.25, -0.2) is 0 Å². The molecule has 114 valence electrons. The van der Waals surface area contributed by atoms with E-state index in [1.165, 1.54) is 6.08 Å². The van der Waals surface area contributed by atoms with Gasteiger partial charge in [-0.2, -0.15) is 0 Å². The molecule has 2 rings (SSSR count). The third kappa shape index (κ3) is 3.96. The molecular weight excluding hydrogens is 278 g/mol. The van der Waals surface area contributed by atoms with E-state index in [0.29, 0.717) is 17.0 Å². The summed E-state index contributed by atoms with van der Waals surface area (Å²) in [6.45, 7) is 1.66. The third-order valence-corrected chi connectivity index (χ3v) is 3.22. The van der Waals surface area contributed by atoms with E-state index in [9.17, 15) is 9.90 Å². The van der Waals surface area contributed by atoms with Crippen LogP contribution < -0.4 is 10.1 Å². The Hall–Kier alpha value is -2.59. The summed E-state index contributed by atoms with van der Waals surface area (Å²) in [5.74, 6) is 0.440. The monoisotopic (exact) mass is 297 g/mol. The molecule has 0 aliphatic heterocycles. The highest BCUT2D eigenvalue weighted by molar-refractivity contribution is 6.02. The van der Waals surface area contributed by atoms with Crippen LogP contribution in [0.15, 0.2) is 54.6 Å². The highest BCUT2D eigenvalue weighted by atomic mass is 16.5. The van der Waals surface area contributed by atoms with Crippen LogP contribution in [0.3, 0.4) is 0 Å². The predicted molar refractivity (Wildman–Crippen MR) is 87.7 cm³/mol. The lowest BCUT2D eigenvalue weighted by molar-refractivity contribution is -0.111. The Bertz CT molecular complexity index is 678. The molecular formula is C18H19NO3. The van der Waals surface area contributed by atoms with Gasteiger partial charge in [-0.05, 0) is 25.1 Å². The van der Waals surface area contributed by atoms with Crippen molar-refractivity contribution in [3.63, 3.8) is 0 Å². The van der Waals surface area contributed by atoms with Crippen LogP contribution in [-0.2, 0) is 4.79 Å². The fraction of sp³-hybridized carbons (Fsp3) is 0.167. The maximum Gasteiger partial charge on any atom is 0.248 e. The summed E-state index contributed by atoms with van der Waals surface area (Å²) in [7, 11) is 1.59. The number of aliphatic hydroxyl groups is 1. The van der Waals surface area contributed by atoms with Crippen molar-refractivity contribution in [2.75, 3.05) is 12.4 Å². The molecule has 2 aromatic rings. The second-order valence-electron chi connectivity index (χ2n) is 4.83. The van der Waals surface area contributed by atoms with E-state index in [0.717, 1.165) is 5.56 Å². The minimum atomic E-state index is -0.644. The number of carbonyl (C=O) groups is 1. The first-order valence-corrected chi connectivity index (χ1v) is 7.01. The van der Waals surface area contributed by atoms with Crippen molar-refractivity contribution in [1.29, 1.82) is 0 Å². The maximum absolute atomic E-state index is 12.0. The fourth-order valence-electron chi connectivity index (χ4n) is 2.12. The number of amides is 1. The van der Waals surface area contributed by atoms with Gasteiger partial charge in [0.25, 0.3) is 0 Å². The average molecular weight is 297 g/mol. The summed E-state index contributed by atoms with van der Waals surface area (Å²) in [6.07, 6.45) is 2.49. The smallest absolute Gasteiger partial charge is 0.248 e. The van der Waals surface area contributed by atoms with Crippen LogP contribution in [0.25, 0.3) is 6.08 Å². The van der Waals surface area contributed by atoms with E-state index in [2.05, 4.69) is 5.32 Å². The minimum absolute atomic E-state index is 0.265. The zero-order valence-corrected chi connectivity index (χ0v) is 12.6. The molecule has 0 aliphatic carbocycles. The summed E-state index contributed by atoms with van der Waals surface area (Å²) in [5.41, 5.74) is 2.11. The van der Waals surface area contributed by atoms with Crippen LogP contribution in [0.5, 0.6) is 5.75 Å². The Morgan fingerprint density at radius 2 is 1.86 bits per heavy atom. The van der Waals surface area contributed by atoms with Gasteiger partial charge >= 0.3 is 0 Å². The van der Waals surface area contributed by atoms with E-state index in [4.69, 9.17) is 4.74 Å². The van der Waals surface area contributed by atoms with Crippen molar-refractivity contribution in [3.8, 4) is 5.75 Å². The molecule has 0 heterocycles. The van der Waals surface area contributed by atoms with Crippen LogP contribution in [0.4, 0.5) is 5.69 Å². The number of hydrogen-bond donors (Lipinski definition) is 2. The first-order valence-electron chi connectivity index (χ1n) is 7.01. The summed E-state index contributed by atoms with van der Waals surface area (Å²) >= 11 is 0. The molecule has 0 saturated carbocycles. The zero-order chi connectivity index (χ0) is 15.9. The molecule has 4 heteroatoms. The standard InChI is InChI=1S/C18H19NO3/c1-13(20)15-8-4-5-9-16(15)19-18(21)12-11-14-7-3-6-10-17(14)22-2/h3-13,20H,1-2H3,(H,19,21)/b12-11+. The molecule has 0 radical (unpaired) electrons. The fourth-order valence-corrected chi connectivity index (χ4v) is 2.12. The molecule has 0 aliphatic rings. The van der Waals surface area contributed by atoms with E-state index < -0.39 is 6.10 Å². The number of aliphatic hydroxyl groups excluding tert-OH is 1. The number of methoxy groups -OCH3 is 1. The number of carbonyl (C=O) groups excluding carboxylic acids is 1. The molecule has 2 aromatic carbocycles. The molecule has 0 bridgehead atoms. The summed E-state index contributed by atoms with van der Waals surface area (Å²) in [5, 5.41) is 12.5. The molecule has 22 heavy (non-hydrogen) atoms. The van der Waals surface area contributed by atoms with Crippen molar-refractivity contribution in [1.82, 2.24) is 0 Å². The molecule has 0 aromatic heterocycles. The number of anilines is 1. The first-order chi connectivity index (χ1) is 10.6. The Kier molecular flexibility index (Phi) is 5.33. The Balaban J connectivity index is 2.12. The lowest BCUT2D eigenvalue weighted by atomic mass is 10.1. The molecule has 0 fully saturated rings. The predicted octanol–water partition coefficient (Wildman–Crippen LogP) is 3.40. The van der Waals surface area contributed by atoms with Crippen molar-refractivity contribution in [3.05, 3.63) is 65.7 Å². The van der Waals surface area contributed by atoms with Gasteiger partial charge < -0.3 is 15.2 Å². The molecule has 2 N–H and O–H groups in total. The van der Waals surface area contributed by atoms with Crippen molar-refractivity contribution in [2.24, 2.45) is 0 Å². The van der Waals surface area contributed by atoms with E-state index in [-0.39, 0.29) is 5.91 Å². The number of para-hydroxylation sites is 2. The van der Waals surface area contributed by atoms with E-state index >= 15 is 0 Å². The summed E-state index contributed by atoms with van der Waals surface area (Å²) < 4.78 is 5.23. The third-order valence-electron chi connectivity index (χ3n) is 3.22. The normalized spacial score (nSPS) is 12.1. The maximum atomic E-state index is 12.0. The quantitative estimate of drug-likeness (QED) is 0.832. The molecule has 1 amide bonds. The number of ether oxygens (including phenoxy) is 1. The lowest BCUT2D eigenvalue weighted by Gasteiger charge is -2.11. The van der Waals surface area contributed by atoms with Gasteiger partial charge in [-0.1, -0.05) is 36.4 Å². The number of nitrogens with one attached hydrogen (secondary N) is 1. The number of benzene rings is 2. The molecule has 0 spiro atoms. The van der Waals surface area contributed by atoms with Gasteiger partial charge in [0.2, 0.25) is 5.91 Å². The van der Waals surface area contributed by atoms with Crippen LogP contribution >= 0.6 is 0 Å². The van der Waals surface area contributed by atoms with Gasteiger partial charge in [0.1, 0.15) is 5.75 Å². The SMILES string of the molecule is COc1ccccc1/C=C/C(=O)Nc1ccccc1C(C)O. The van der Waals surface area contributed by atoms with Gasteiger partial charge in [-0.3, -0.25) is 4.79 Å². The topological polar surface area (TPSA) is 58.6 Å². The van der Waals surface area contributed by atoms with Crippen LogP contribution in [0, 0.1) is 0 Å². The van der Waals surface area contributed by atoms with Crippen molar-refractivity contribution in [2.45, 2.75) is 13.0 Å². The molecule has 1 unspecified atom stereocenters. The van der Waals surface area contributed by atoms with E-state index in [1.807, 2.05) is 36.4 Å². The Morgan fingerprint density at radius 3 is 2.59 bits per heavy atom. The molecule has 1 atom stereocenters. The minimum Gasteiger partial charge on any atom is -0.496 e. The second kappa shape index (κ2) is 7.43. The number of rotatable bonds is 5. The summed E-state index contributed by atoms with van der Waals surface area (Å²) in [6, 6.07) is 14.6. The number of hydrogen-bond acceptors (Lipinski definition) is 3. The average Bonchev–Trinajstić information content (AvgIpc) is 2.53. The van der Waals surface area contributed by atoms with Crippen LogP contribution in [-0.4, -0.2) is 18.1 Å². The van der Waals surface area contributed by atoms with Crippen molar-refractivity contribution >= 4 is 17.7 Å². The lowest BCUT2D eigenvalue weighted by Crippen LogP contribution is -2.10. The van der Waals surface area contributed by atoms with Gasteiger partial charge in [0, 0.05) is 22.9 Å². The highest BCUT2D eigenvalue weighted by Crippen LogP contribution is 2.22. The van der Waals surface area contributed by atoms with Crippen LogP contribution in [0.2, 0.25) is 0 Å². The Morgan fingerprint density at radius 1 is 1.18 bits per heavy atom. The zero-order valence-electron chi connectivity index (χ0n) is 12.6. The highest BCUT2D eigenvalue weighted by Gasteiger charge is 2.08. The van der Waals surface area contributed by atoms with E-state index in [1.54, 1.807) is 32.2 Å². The van der Waals surface area contributed by atoms with Gasteiger partial charge in [0.05, 0.1) is 13.2 Å². The Labute approximate surface area is 130 Å². The van der Waals surface area contributed by atoms with Gasteiger partial charge in [0.15, 0.2) is 0 Å².